The van der Waals surface area contributed by atoms with Gasteiger partial charge in [0.1, 0.15) is 0 Å². The van der Waals surface area contributed by atoms with Crippen molar-refractivity contribution in [2.75, 3.05) is 19.6 Å². The van der Waals surface area contributed by atoms with Crippen molar-refractivity contribution in [3.8, 4) is 0 Å². The molecule has 2 amide bonds. The molecule has 1 aliphatic heterocycles. The second kappa shape index (κ2) is 4.69. The van der Waals surface area contributed by atoms with Gasteiger partial charge in [0.15, 0.2) is 0 Å². The SMILES string of the molecule is CC(C(=O)O)C1CN(C(=O)N(CC2CC2)C2CC2)C1. The van der Waals surface area contributed by atoms with Gasteiger partial charge in [0.25, 0.3) is 0 Å². The Bertz CT molecular complexity index is 384. The van der Waals surface area contributed by atoms with Gasteiger partial charge in [-0.05, 0) is 31.6 Å². The van der Waals surface area contributed by atoms with E-state index in [2.05, 4.69) is 0 Å². The minimum Gasteiger partial charge on any atom is -0.481 e. The molecule has 1 atom stereocenters. The van der Waals surface area contributed by atoms with Crippen LogP contribution in [0.15, 0.2) is 0 Å². The molecule has 3 rings (SSSR count). The van der Waals surface area contributed by atoms with E-state index in [4.69, 9.17) is 5.11 Å². The first-order chi connectivity index (χ1) is 9.06. The summed E-state index contributed by atoms with van der Waals surface area (Å²) in [6.07, 6.45) is 4.80. The van der Waals surface area contributed by atoms with Gasteiger partial charge in [-0.3, -0.25) is 4.79 Å². The van der Waals surface area contributed by atoms with Crippen molar-refractivity contribution < 1.29 is 14.7 Å². The zero-order valence-corrected chi connectivity index (χ0v) is 11.4. The van der Waals surface area contributed by atoms with Crippen LogP contribution in [-0.4, -0.2) is 52.6 Å². The van der Waals surface area contributed by atoms with E-state index in [1.165, 1.54) is 12.8 Å². The second-order valence-electron chi connectivity index (χ2n) is 6.40. The molecule has 1 heterocycles. The summed E-state index contributed by atoms with van der Waals surface area (Å²) >= 11 is 0. The molecule has 0 aromatic rings. The summed E-state index contributed by atoms with van der Waals surface area (Å²) < 4.78 is 0. The Morgan fingerprint density at radius 2 is 1.89 bits per heavy atom. The Morgan fingerprint density at radius 1 is 1.26 bits per heavy atom. The molecule has 0 radical (unpaired) electrons. The lowest BCUT2D eigenvalue weighted by Crippen LogP contribution is -2.58. The van der Waals surface area contributed by atoms with Gasteiger partial charge in [-0.1, -0.05) is 6.92 Å². The van der Waals surface area contributed by atoms with Crippen LogP contribution in [0.5, 0.6) is 0 Å². The maximum Gasteiger partial charge on any atom is 0.320 e. The van der Waals surface area contributed by atoms with Gasteiger partial charge in [-0.2, -0.15) is 0 Å². The van der Waals surface area contributed by atoms with Gasteiger partial charge >= 0.3 is 12.0 Å². The fraction of sp³-hybridized carbons (Fsp3) is 0.857. The number of likely N-dealkylation sites (tertiary alicyclic amines) is 1. The zero-order valence-electron chi connectivity index (χ0n) is 11.4. The second-order valence-corrected chi connectivity index (χ2v) is 6.40. The predicted octanol–water partition coefficient (Wildman–Crippen LogP) is 1.63. The molecule has 0 aromatic carbocycles. The van der Waals surface area contributed by atoms with Crippen LogP contribution in [0.2, 0.25) is 0 Å². The van der Waals surface area contributed by atoms with Crippen molar-refractivity contribution in [1.82, 2.24) is 9.80 Å². The van der Waals surface area contributed by atoms with Crippen LogP contribution in [0.1, 0.15) is 32.6 Å². The van der Waals surface area contributed by atoms with E-state index in [1.807, 2.05) is 9.80 Å². The van der Waals surface area contributed by atoms with Crippen LogP contribution < -0.4 is 0 Å². The molecule has 0 bridgehead atoms. The van der Waals surface area contributed by atoms with Gasteiger partial charge in [0, 0.05) is 31.6 Å². The molecule has 1 N–H and O–H groups in total. The van der Waals surface area contributed by atoms with E-state index in [-0.39, 0.29) is 17.9 Å². The van der Waals surface area contributed by atoms with Gasteiger partial charge < -0.3 is 14.9 Å². The van der Waals surface area contributed by atoms with Crippen LogP contribution in [0.25, 0.3) is 0 Å². The molecule has 0 aromatic heterocycles. The lowest BCUT2D eigenvalue weighted by Gasteiger charge is -2.43. The maximum atomic E-state index is 12.4. The van der Waals surface area contributed by atoms with E-state index in [1.54, 1.807) is 6.92 Å². The van der Waals surface area contributed by atoms with E-state index < -0.39 is 5.97 Å². The van der Waals surface area contributed by atoms with Crippen LogP contribution in [0.4, 0.5) is 4.79 Å². The Morgan fingerprint density at radius 3 is 2.37 bits per heavy atom. The molecular weight excluding hydrogens is 244 g/mol. The normalized spacial score (nSPS) is 24.8. The number of carboxylic acids is 1. The Balaban J connectivity index is 1.51. The van der Waals surface area contributed by atoms with E-state index in [9.17, 15) is 9.59 Å². The topological polar surface area (TPSA) is 60.9 Å². The highest BCUT2D eigenvalue weighted by atomic mass is 16.4. The highest BCUT2D eigenvalue weighted by Gasteiger charge is 2.43. The maximum absolute atomic E-state index is 12.4. The summed E-state index contributed by atoms with van der Waals surface area (Å²) in [5.74, 6) is -0.251. The first-order valence-corrected chi connectivity index (χ1v) is 7.34. The molecular formula is C14H22N2O3. The summed E-state index contributed by atoms with van der Waals surface area (Å²) in [5.41, 5.74) is 0. The molecule has 19 heavy (non-hydrogen) atoms. The molecule has 1 saturated heterocycles. The minimum atomic E-state index is -0.755. The molecule has 2 saturated carbocycles. The van der Waals surface area contributed by atoms with Crippen molar-refractivity contribution in [2.24, 2.45) is 17.8 Å². The highest BCUT2D eigenvalue weighted by Crippen LogP contribution is 2.36. The number of hydrogen-bond acceptors (Lipinski definition) is 2. The number of aliphatic carboxylic acids is 1. The molecule has 5 nitrogen and oxygen atoms in total. The third kappa shape index (κ3) is 2.69. The number of amides is 2. The Hall–Kier alpha value is -1.26. The van der Waals surface area contributed by atoms with Crippen molar-refractivity contribution >= 4 is 12.0 Å². The van der Waals surface area contributed by atoms with Gasteiger partial charge in [0.05, 0.1) is 5.92 Å². The van der Waals surface area contributed by atoms with Crippen LogP contribution in [-0.2, 0) is 4.79 Å². The quantitative estimate of drug-likeness (QED) is 0.822. The first-order valence-electron chi connectivity index (χ1n) is 7.34. The molecule has 5 heteroatoms. The predicted molar refractivity (Wildman–Crippen MR) is 69.7 cm³/mol. The number of carbonyl (C=O) groups is 2. The lowest BCUT2D eigenvalue weighted by molar-refractivity contribution is -0.144. The standard InChI is InChI=1S/C14H22N2O3/c1-9(13(17)18)11-7-15(8-11)14(19)16(12-4-5-12)6-10-2-3-10/h9-12H,2-8H2,1H3,(H,17,18). The third-order valence-electron chi connectivity index (χ3n) is 4.66. The first kappa shape index (κ1) is 12.8. The highest BCUT2D eigenvalue weighted by molar-refractivity contribution is 5.77. The average Bonchev–Trinajstić information content (AvgIpc) is 3.15. The molecule has 2 aliphatic carbocycles. The van der Waals surface area contributed by atoms with E-state index in [0.717, 1.165) is 25.3 Å². The summed E-state index contributed by atoms with van der Waals surface area (Å²) in [6, 6.07) is 0.604. The van der Waals surface area contributed by atoms with Crippen molar-refractivity contribution in [1.29, 1.82) is 0 Å². The average molecular weight is 266 g/mol. The molecule has 1 unspecified atom stereocenters. The van der Waals surface area contributed by atoms with Gasteiger partial charge in [-0.15, -0.1) is 0 Å². The molecule has 106 valence electrons. The number of rotatable bonds is 5. The third-order valence-corrected chi connectivity index (χ3v) is 4.66. The Kier molecular flexibility index (Phi) is 3.15. The van der Waals surface area contributed by atoms with Crippen LogP contribution in [0, 0.1) is 17.8 Å². The summed E-state index contributed by atoms with van der Waals surface area (Å²) in [7, 11) is 0. The fourth-order valence-electron chi connectivity index (χ4n) is 2.72. The molecule has 3 aliphatic rings. The summed E-state index contributed by atoms with van der Waals surface area (Å²) in [4.78, 5) is 27.2. The van der Waals surface area contributed by atoms with E-state index in [0.29, 0.717) is 19.1 Å². The van der Waals surface area contributed by atoms with Crippen molar-refractivity contribution in [2.45, 2.75) is 38.6 Å². The summed E-state index contributed by atoms with van der Waals surface area (Å²) in [6.45, 7) is 3.87. The fourth-order valence-corrected chi connectivity index (χ4v) is 2.72. The van der Waals surface area contributed by atoms with Gasteiger partial charge in [-0.25, -0.2) is 4.79 Å². The number of carbonyl (C=O) groups excluding carboxylic acids is 1. The van der Waals surface area contributed by atoms with Gasteiger partial charge in [0.2, 0.25) is 0 Å². The molecule has 0 spiro atoms. The number of carboxylic acid groups (broad SMARTS) is 1. The minimum absolute atomic E-state index is 0.128. The summed E-state index contributed by atoms with van der Waals surface area (Å²) in [5, 5.41) is 8.96. The smallest absolute Gasteiger partial charge is 0.320 e. The van der Waals surface area contributed by atoms with Crippen LogP contribution in [0.3, 0.4) is 0 Å². The van der Waals surface area contributed by atoms with Crippen LogP contribution >= 0.6 is 0 Å². The van der Waals surface area contributed by atoms with Crippen molar-refractivity contribution in [3.63, 3.8) is 0 Å². The largest absolute Gasteiger partial charge is 0.481 e. The Labute approximate surface area is 113 Å². The number of hydrogen-bond donors (Lipinski definition) is 1. The van der Waals surface area contributed by atoms with E-state index >= 15 is 0 Å². The number of nitrogens with zero attached hydrogens (tertiary/aromatic N) is 2. The zero-order chi connectivity index (χ0) is 13.6. The van der Waals surface area contributed by atoms with Crippen molar-refractivity contribution in [3.05, 3.63) is 0 Å². The molecule has 3 fully saturated rings. The lowest BCUT2D eigenvalue weighted by atomic mass is 9.87. The monoisotopic (exact) mass is 266 g/mol. The number of urea groups is 1.